The lowest BCUT2D eigenvalue weighted by Gasteiger charge is -2.16. The van der Waals surface area contributed by atoms with Gasteiger partial charge in [0.15, 0.2) is 0 Å². The Morgan fingerprint density at radius 1 is 1.19 bits per heavy atom. The minimum atomic E-state index is 0.0593. The van der Waals surface area contributed by atoms with Gasteiger partial charge in [0.25, 0.3) is 0 Å². The standard InChI is InChI=1S/C19H20N4O2S/c1-23(10-6-15-4-8-20-9-5-15)19(24)11-16-14-26-18(22-16)13-25-17-3-2-7-21-12-17/h2-5,7-9,12,14H,6,10-11,13H2,1H3. The van der Waals surface area contributed by atoms with Crippen LogP contribution in [0.3, 0.4) is 0 Å². The molecule has 3 rings (SSSR count). The fourth-order valence-corrected chi connectivity index (χ4v) is 3.04. The van der Waals surface area contributed by atoms with Crippen LogP contribution in [-0.2, 0) is 24.2 Å². The number of nitrogens with zero attached hydrogens (tertiary/aromatic N) is 4. The van der Waals surface area contributed by atoms with Gasteiger partial charge in [0.1, 0.15) is 17.4 Å². The first-order valence-electron chi connectivity index (χ1n) is 8.29. The largest absolute Gasteiger partial charge is 0.485 e. The van der Waals surface area contributed by atoms with Crippen LogP contribution in [0.15, 0.2) is 54.4 Å². The van der Waals surface area contributed by atoms with Gasteiger partial charge in [-0.2, -0.15) is 0 Å². The molecule has 0 aliphatic heterocycles. The Bertz CT molecular complexity index is 824. The molecule has 0 unspecified atom stereocenters. The fourth-order valence-electron chi connectivity index (χ4n) is 2.33. The number of hydrogen-bond donors (Lipinski definition) is 0. The molecule has 0 fully saturated rings. The van der Waals surface area contributed by atoms with Gasteiger partial charge in [-0.3, -0.25) is 14.8 Å². The van der Waals surface area contributed by atoms with E-state index in [4.69, 9.17) is 4.74 Å². The molecule has 0 bridgehead atoms. The molecule has 0 spiro atoms. The zero-order chi connectivity index (χ0) is 18.2. The van der Waals surface area contributed by atoms with E-state index in [-0.39, 0.29) is 5.91 Å². The third-order valence-electron chi connectivity index (χ3n) is 3.84. The van der Waals surface area contributed by atoms with Crippen LogP contribution in [0, 0.1) is 0 Å². The molecular weight excluding hydrogens is 348 g/mol. The lowest BCUT2D eigenvalue weighted by molar-refractivity contribution is -0.129. The summed E-state index contributed by atoms with van der Waals surface area (Å²) in [4.78, 5) is 26.6. The van der Waals surface area contributed by atoms with Crippen LogP contribution >= 0.6 is 11.3 Å². The number of amides is 1. The maximum Gasteiger partial charge on any atom is 0.228 e. The van der Waals surface area contributed by atoms with Crippen molar-refractivity contribution in [3.63, 3.8) is 0 Å². The summed E-state index contributed by atoms with van der Waals surface area (Å²) in [5.74, 6) is 0.764. The van der Waals surface area contributed by atoms with Gasteiger partial charge in [0.05, 0.1) is 18.3 Å². The third-order valence-corrected chi connectivity index (χ3v) is 4.71. The Hall–Kier alpha value is -2.80. The highest BCUT2D eigenvalue weighted by molar-refractivity contribution is 7.09. The second-order valence-corrected chi connectivity index (χ2v) is 6.75. The van der Waals surface area contributed by atoms with Crippen LogP contribution in [-0.4, -0.2) is 39.4 Å². The van der Waals surface area contributed by atoms with Crippen molar-refractivity contribution in [3.05, 3.63) is 70.7 Å². The van der Waals surface area contributed by atoms with E-state index in [0.717, 1.165) is 17.1 Å². The van der Waals surface area contributed by atoms with Gasteiger partial charge in [0.2, 0.25) is 5.91 Å². The highest BCUT2D eigenvalue weighted by Crippen LogP contribution is 2.15. The van der Waals surface area contributed by atoms with E-state index in [2.05, 4.69) is 15.0 Å². The van der Waals surface area contributed by atoms with E-state index >= 15 is 0 Å². The predicted molar refractivity (Wildman–Crippen MR) is 100.0 cm³/mol. The molecule has 0 saturated heterocycles. The summed E-state index contributed by atoms with van der Waals surface area (Å²) < 4.78 is 5.63. The molecule has 0 aromatic carbocycles. The minimum Gasteiger partial charge on any atom is -0.485 e. The van der Waals surface area contributed by atoms with Crippen molar-refractivity contribution in [3.8, 4) is 5.75 Å². The monoisotopic (exact) mass is 368 g/mol. The summed E-state index contributed by atoms with van der Waals surface area (Å²) in [5, 5.41) is 2.76. The predicted octanol–water partition coefficient (Wildman–Crippen LogP) is 2.76. The number of rotatable bonds is 8. The van der Waals surface area contributed by atoms with E-state index in [1.807, 2.05) is 36.7 Å². The SMILES string of the molecule is CN(CCc1ccncc1)C(=O)Cc1csc(COc2cccnc2)n1. The Morgan fingerprint density at radius 2 is 2.04 bits per heavy atom. The Morgan fingerprint density at radius 3 is 2.81 bits per heavy atom. The number of hydrogen-bond acceptors (Lipinski definition) is 6. The second kappa shape index (κ2) is 9.05. The van der Waals surface area contributed by atoms with E-state index in [1.54, 1.807) is 29.7 Å². The van der Waals surface area contributed by atoms with Crippen LogP contribution in [0.5, 0.6) is 5.75 Å². The molecule has 6 nitrogen and oxygen atoms in total. The molecule has 7 heteroatoms. The summed E-state index contributed by atoms with van der Waals surface area (Å²) >= 11 is 1.50. The van der Waals surface area contributed by atoms with Crippen molar-refractivity contribution >= 4 is 17.2 Å². The quantitative estimate of drug-likeness (QED) is 0.612. The summed E-state index contributed by atoms with van der Waals surface area (Å²) in [6.07, 6.45) is 8.01. The Labute approximate surface area is 156 Å². The molecule has 0 N–H and O–H groups in total. The molecule has 134 valence electrons. The van der Waals surface area contributed by atoms with Gasteiger partial charge < -0.3 is 9.64 Å². The average molecular weight is 368 g/mol. The number of ether oxygens (including phenoxy) is 1. The van der Waals surface area contributed by atoms with Crippen LogP contribution in [0.2, 0.25) is 0 Å². The molecule has 3 heterocycles. The lowest BCUT2D eigenvalue weighted by Crippen LogP contribution is -2.30. The molecule has 0 aliphatic rings. The number of carbonyl (C=O) groups is 1. The number of carbonyl (C=O) groups excluding carboxylic acids is 1. The van der Waals surface area contributed by atoms with Gasteiger partial charge in [-0.1, -0.05) is 0 Å². The van der Waals surface area contributed by atoms with E-state index in [0.29, 0.717) is 25.3 Å². The topological polar surface area (TPSA) is 68.2 Å². The first-order chi connectivity index (χ1) is 12.7. The number of thiazole rings is 1. The van der Waals surface area contributed by atoms with E-state index in [9.17, 15) is 4.79 Å². The van der Waals surface area contributed by atoms with Crippen molar-refractivity contribution < 1.29 is 9.53 Å². The Balaban J connectivity index is 1.46. The summed E-state index contributed by atoms with van der Waals surface area (Å²) in [6, 6.07) is 7.60. The van der Waals surface area contributed by atoms with Gasteiger partial charge in [-0.15, -0.1) is 11.3 Å². The highest BCUT2D eigenvalue weighted by Gasteiger charge is 2.12. The number of likely N-dealkylation sites (N-methyl/N-ethyl adjacent to an activating group) is 1. The molecule has 0 saturated carbocycles. The second-order valence-electron chi connectivity index (χ2n) is 5.81. The first-order valence-corrected chi connectivity index (χ1v) is 9.17. The molecule has 26 heavy (non-hydrogen) atoms. The van der Waals surface area contributed by atoms with Crippen LogP contribution in [0.1, 0.15) is 16.3 Å². The molecule has 3 aromatic rings. The number of aromatic nitrogens is 3. The fraction of sp³-hybridized carbons (Fsp3) is 0.263. The molecule has 0 radical (unpaired) electrons. The zero-order valence-corrected chi connectivity index (χ0v) is 15.4. The smallest absolute Gasteiger partial charge is 0.228 e. The minimum absolute atomic E-state index is 0.0593. The normalized spacial score (nSPS) is 10.5. The summed E-state index contributed by atoms with van der Waals surface area (Å²) in [6.45, 7) is 1.05. The maximum atomic E-state index is 12.4. The van der Waals surface area contributed by atoms with Crippen molar-refractivity contribution in [2.24, 2.45) is 0 Å². The zero-order valence-electron chi connectivity index (χ0n) is 14.5. The molecule has 0 aliphatic carbocycles. The highest BCUT2D eigenvalue weighted by atomic mass is 32.1. The third kappa shape index (κ3) is 5.35. The summed E-state index contributed by atoms with van der Waals surface area (Å²) in [7, 11) is 1.82. The Kier molecular flexibility index (Phi) is 6.27. The van der Waals surface area contributed by atoms with E-state index in [1.165, 1.54) is 16.9 Å². The van der Waals surface area contributed by atoms with Crippen molar-refractivity contribution in [2.75, 3.05) is 13.6 Å². The van der Waals surface area contributed by atoms with Crippen molar-refractivity contribution in [2.45, 2.75) is 19.4 Å². The average Bonchev–Trinajstić information content (AvgIpc) is 3.13. The van der Waals surface area contributed by atoms with Crippen LogP contribution in [0.25, 0.3) is 0 Å². The molecule has 0 atom stereocenters. The molecule has 3 aromatic heterocycles. The summed E-state index contributed by atoms with van der Waals surface area (Å²) in [5.41, 5.74) is 1.95. The van der Waals surface area contributed by atoms with Crippen molar-refractivity contribution in [1.29, 1.82) is 0 Å². The van der Waals surface area contributed by atoms with Gasteiger partial charge in [-0.05, 0) is 36.2 Å². The first kappa shape index (κ1) is 18.0. The lowest BCUT2D eigenvalue weighted by atomic mass is 10.2. The van der Waals surface area contributed by atoms with Gasteiger partial charge in [-0.25, -0.2) is 4.98 Å². The van der Waals surface area contributed by atoms with Gasteiger partial charge in [0, 0.05) is 37.6 Å². The molecule has 1 amide bonds. The van der Waals surface area contributed by atoms with Crippen LogP contribution < -0.4 is 4.74 Å². The molecular formula is C19H20N4O2S. The van der Waals surface area contributed by atoms with Crippen LogP contribution in [0.4, 0.5) is 0 Å². The maximum absolute atomic E-state index is 12.4. The van der Waals surface area contributed by atoms with E-state index < -0.39 is 0 Å². The van der Waals surface area contributed by atoms with Crippen molar-refractivity contribution in [1.82, 2.24) is 19.9 Å². The number of pyridine rings is 2. The van der Waals surface area contributed by atoms with Gasteiger partial charge >= 0.3 is 0 Å².